The zero-order valence-electron chi connectivity index (χ0n) is 21.3. The van der Waals surface area contributed by atoms with Gasteiger partial charge in [0.15, 0.2) is 0 Å². The van der Waals surface area contributed by atoms with Gasteiger partial charge in [-0.25, -0.2) is 9.97 Å². The maximum absolute atomic E-state index is 5.91. The molecule has 0 bridgehead atoms. The van der Waals surface area contributed by atoms with Crippen molar-refractivity contribution in [3.05, 3.63) is 124 Å². The van der Waals surface area contributed by atoms with Gasteiger partial charge in [0, 0.05) is 27.7 Å². The first-order valence-electron chi connectivity index (χ1n) is 12.5. The van der Waals surface area contributed by atoms with E-state index in [0.29, 0.717) is 50.5 Å². The Morgan fingerprint density at radius 3 is 1.66 bits per heavy atom. The fraction of sp³-hybridized carbons (Fsp3) is 0.0323. The third kappa shape index (κ3) is 6.49. The second-order valence-corrected chi connectivity index (χ2v) is 10.1. The normalized spacial score (nSPS) is 10.9. The minimum atomic E-state index is 0.385. The summed E-state index contributed by atoms with van der Waals surface area (Å²) in [5.41, 5.74) is 5.27. The molecule has 0 radical (unpaired) electrons. The summed E-state index contributed by atoms with van der Waals surface area (Å²) < 4.78 is 11.3. The van der Waals surface area contributed by atoms with Crippen LogP contribution in [0, 0.1) is 0 Å². The van der Waals surface area contributed by atoms with Crippen molar-refractivity contribution in [3.8, 4) is 22.9 Å². The summed E-state index contributed by atoms with van der Waals surface area (Å²) >= 11 is 17.5. The third-order valence-electron chi connectivity index (χ3n) is 5.98. The van der Waals surface area contributed by atoms with E-state index in [1.54, 1.807) is 24.3 Å². The van der Waals surface area contributed by atoms with Gasteiger partial charge in [0.25, 0.3) is 0 Å². The zero-order valence-corrected chi connectivity index (χ0v) is 23.5. The molecule has 3 aromatic carbocycles. The van der Waals surface area contributed by atoms with Crippen LogP contribution < -0.4 is 5.32 Å². The van der Waals surface area contributed by atoms with Gasteiger partial charge in [-0.3, -0.25) is 0 Å². The lowest BCUT2D eigenvalue weighted by molar-refractivity contribution is 0.607. The molecule has 4 heterocycles. The first-order chi connectivity index (χ1) is 20.0. The van der Waals surface area contributed by atoms with E-state index in [1.165, 1.54) is 5.56 Å². The number of nitrogens with zero attached hydrogens (tertiary/aromatic N) is 4. The van der Waals surface area contributed by atoms with Crippen LogP contribution in [-0.4, -0.2) is 19.9 Å². The summed E-state index contributed by atoms with van der Waals surface area (Å²) in [4.78, 5) is 17.3. The van der Waals surface area contributed by atoms with E-state index in [0.717, 1.165) is 22.5 Å². The molecule has 0 saturated carbocycles. The van der Waals surface area contributed by atoms with Gasteiger partial charge in [-0.1, -0.05) is 65.1 Å². The van der Waals surface area contributed by atoms with Crippen molar-refractivity contribution in [2.75, 3.05) is 5.32 Å². The molecule has 0 aliphatic rings. The number of pyridine rings is 2. The number of halogens is 3. The van der Waals surface area contributed by atoms with Crippen LogP contribution in [0.5, 0.6) is 0 Å². The van der Waals surface area contributed by atoms with E-state index >= 15 is 0 Å². The van der Waals surface area contributed by atoms with Gasteiger partial charge in [0.05, 0.1) is 0 Å². The summed E-state index contributed by atoms with van der Waals surface area (Å²) in [6.07, 6.45) is 0. The molecule has 0 amide bonds. The van der Waals surface area contributed by atoms with Crippen LogP contribution >= 0.6 is 34.8 Å². The summed E-state index contributed by atoms with van der Waals surface area (Å²) in [7, 11) is 0. The Balaban J connectivity index is 0.000000156. The summed E-state index contributed by atoms with van der Waals surface area (Å²) in [6, 6.07) is 32.1. The minimum Gasteiger partial charge on any atom is -0.418 e. The van der Waals surface area contributed by atoms with Crippen molar-refractivity contribution in [1.82, 2.24) is 19.9 Å². The molecule has 10 heteroatoms. The van der Waals surface area contributed by atoms with E-state index in [9.17, 15) is 0 Å². The Hall–Kier alpha value is -4.43. The van der Waals surface area contributed by atoms with Gasteiger partial charge >= 0.3 is 0 Å². The SMILES string of the molecule is Clc1ccc(-c2nc3ccc(Cl)nc3o2)cc1.Clc1ccc(-c2nc3ccc(NCc4ccccc4)nc3o2)cc1. The second-order valence-electron chi connectivity index (χ2n) is 8.87. The summed E-state index contributed by atoms with van der Waals surface area (Å²) in [5, 5.41) is 5.03. The molecular formula is C31H20Cl3N5O2. The predicted octanol–water partition coefficient (Wildman–Crippen LogP) is 9.35. The summed E-state index contributed by atoms with van der Waals surface area (Å²) in [6.45, 7) is 0.706. The highest BCUT2D eigenvalue weighted by atomic mass is 35.5. The quantitative estimate of drug-likeness (QED) is 0.197. The maximum atomic E-state index is 5.91. The van der Waals surface area contributed by atoms with Crippen molar-refractivity contribution < 1.29 is 8.83 Å². The van der Waals surface area contributed by atoms with Crippen LogP contribution in [0.2, 0.25) is 15.2 Å². The Kier molecular flexibility index (Phi) is 7.82. The molecule has 0 spiro atoms. The number of fused-ring (bicyclic) bond motifs is 2. The molecule has 4 aromatic heterocycles. The number of nitrogens with one attached hydrogen (secondary N) is 1. The average molecular weight is 601 g/mol. The van der Waals surface area contributed by atoms with Crippen LogP contribution in [-0.2, 0) is 6.54 Å². The van der Waals surface area contributed by atoms with Crippen LogP contribution in [0.1, 0.15) is 5.56 Å². The number of aromatic nitrogens is 4. The molecule has 7 nitrogen and oxygen atoms in total. The highest BCUT2D eigenvalue weighted by Gasteiger charge is 2.11. The Labute approximate surface area is 249 Å². The molecule has 0 aliphatic carbocycles. The largest absolute Gasteiger partial charge is 0.418 e. The molecule has 7 aromatic rings. The van der Waals surface area contributed by atoms with E-state index in [2.05, 4.69) is 37.4 Å². The average Bonchev–Trinajstić information content (AvgIpc) is 3.61. The Morgan fingerprint density at radius 2 is 1.07 bits per heavy atom. The topological polar surface area (TPSA) is 89.9 Å². The number of oxazole rings is 2. The molecule has 0 aliphatic heterocycles. The number of hydrogen-bond acceptors (Lipinski definition) is 7. The van der Waals surface area contributed by atoms with Crippen molar-refractivity contribution in [2.45, 2.75) is 6.54 Å². The van der Waals surface area contributed by atoms with Gasteiger partial charge in [-0.2, -0.15) is 9.97 Å². The van der Waals surface area contributed by atoms with Gasteiger partial charge in [0.1, 0.15) is 22.0 Å². The highest BCUT2D eigenvalue weighted by Crippen LogP contribution is 2.26. The van der Waals surface area contributed by atoms with Gasteiger partial charge in [-0.15, -0.1) is 0 Å². The van der Waals surface area contributed by atoms with E-state index in [4.69, 9.17) is 43.6 Å². The van der Waals surface area contributed by atoms with Crippen LogP contribution in [0.4, 0.5) is 5.82 Å². The van der Waals surface area contributed by atoms with Crippen LogP contribution in [0.25, 0.3) is 45.4 Å². The van der Waals surface area contributed by atoms with Gasteiger partial charge in [0.2, 0.25) is 23.2 Å². The van der Waals surface area contributed by atoms with E-state index in [1.807, 2.05) is 66.7 Å². The lowest BCUT2D eigenvalue weighted by Crippen LogP contribution is -2.00. The van der Waals surface area contributed by atoms with Crippen molar-refractivity contribution in [2.24, 2.45) is 0 Å². The van der Waals surface area contributed by atoms with Crippen molar-refractivity contribution >= 4 is 63.1 Å². The Morgan fingerprint density at radius 1 is 0.537 bits per heavy atom. The number of hydrogen-bond donors (Lipinski definition) is 1. The predicted molar refractivity (Wildman–Crippen MR) is 163 cm³/mol. The van der Waals surface area contributed by atoms with Crippen molar-refractivity contribution in [1.29, 1.82) is 0 Å². The number of benzene rings is 3. The minimum absolute atomic E-state index is 0.385. The van der Waals surface area contributed by atoms with Gasteiger partial charge in [-0.05, 0) is 78.4 Å². The standard InChI is InChI=1S/C19H14ClN3O.C12H6Cl2N2O/c20-15-8-6-14(7-9-15)18-22-16-10-11-17(23-19(16)24-18)21-12-13-4-2-1-3-5-13;13-8-3-1-7(2-4-8)11-15-9-5-6-10(14)16-12(9)17-11/h1-11H,12H2,(H,21,23);1-6H. The fourth-order valence-electron chi connectivity index (χ4n) is 3.93. The smallest absolute Gasteiger partial charge is 0.249 e. The first kappa shape index (κ1) is 26.8. The molecule has 0 atom stereocenters. The zero-order chi connectivity index (χ0) is 28.2. The van der Waals surface area contributed by atoms with E-state index in [-0.39, 0.29) is 0 Å². The number of anilines is 1. The lowest BCUT2D eigenvalue weighted by Gasteiger charge is -2.04. The highest BCUT2D eigenvalue weighted by molar-refractivity contribution is 6.31. The van der Waals surface area contributed by atoms with Crippen LogP contribution in [0.3, 0.4) is 0 Å². The monoisotopic (exact) mass is 599 g/mol. The third-order valence-corrected chi connectivity index (χ3v) is 6.69. The van der Waals surface area contributed by atoms with E-state index < -0.39 is 0 Å². The molecule has 202 valence electrons. The fourth-order valence-corrected chi connectivity index (χ4v) is 4.32. The molecule has 0 unspecified atom stereocenters. The molecular weight excluding hydrogens is 581 g/mol. The molecule has 1 N–H and O–H groups in total. The summed E-state index contributed by atoms with van der Waals surface area (Å²) in [5.74, 6) is 1.80. The molecule has 41 heavy (non-hydrogen) atoms. The number of rotatable bonds is 5. The molecule has 0 fully saturated rings. The van der Waals surface area contributed by atoms with Crippen molar-refractivity contribution in [3.63, 3.8) is 0 Å². The molecule has 7 rings (SSSR count). The maximum Gasteiger partial charge on any atom is 0.249 e. The first-order valence-corrected chi connectivity index (χ1v) is 13.6. The Bertz CT molecular complexity index is 1920. The van der Waals surface area contributed by atoms with Crippen LogP contribution in [0.15, 0.2) is 112 Å². The second kappa shape index (κ2) is 12.0. The molecule has 0 saturated heterocycles. The lowest BCUT2D eigenvalue weighted by atomic mass is 10.2. The van der Waals surface area contributed by atoms with Gasteiger partial charge < -0.3 is 14.2 Å².